The zero-order chi connectivity index (χ0) is 39.0. The van der Waals surface area contributed by atoms with Crippen LogP contribution >= 0.6 is 0 Å². The first-order valence-electron chi connectivity index (χ1n) is 19.9. The monoisotopic (exact) mass is 740 g/mol. The van der Waals surface area contributed by atoms with Crippen molar-refractivity contribution >= 4 is 21.5 Å². The van der Waals surface area contributed by atoms with Crippen LogP contribution in [0.15, 0.2) is 206 Å². The number of rotatable bonds is 7. The molecule has 0 bridgehead atoms. The van der Waals surface area contributed by atoms with E-state index in [4.69, 9.17) is 9.97 Å². The van der Waals surface area contributed by atoms with Gasteiger partial charge in [-0.1, -0.05) is 158 Å². The number of hydrogen-bond donors (Lipinski definition) is 0. The summed E-state index contributed by atoms with van der Waals surface area (Å²) in [5.74, 6) is 0. The van der Waals surface area contributed by atoms with E-state index in [0.717, 1.165) is 61.7 Å². The second kappa shape index (κ2) is 14.9. The van der Waals surface area contributed by atoms with Gasteiger partial charge in [0.25, 0.3) is 0 Å². The Kier molecular flexibility index (Phi) is 9.01. The number of fused-ring (bicyclic) bond motifs is 3. The first-order chi connectivity index (χ1) is 28.5. The zero-order valence-corrected chi connectivity index (χ0v) is 32.5. The molecule has 0 amide bonds. The molecule has 0 N–H and O–H groups in total. The van der Waals surface area contributed by atoms with E-state index in [2.05, 4.69) is 220 Å². The molecule has 10 rings (SSSR count). The molecule has 2 heterocycles. The minimum Gasteiger partial charge on any atom is -0.258 e. The largest absolute Gasteiger partial charge is 0.258 e. The molecule has 0 aliphatic heterocycles. The lowest BCUT2D eigenvalue weighted by molar-refractivity contribution is 1.12. The number of hydrogen-bond acceptors (Lipinski definition) is 2. The molecule has 0 unspecified atom stereocenters. The Morgan fingerprint density at radius 2 is 0.672 bits per heavy atom. The third-order valence-corrected chi connectivity index (χ3v) is 11.2. The molecule has 0 aliphatic carbocycles. The molecular formula is C56H40N2. The van der Waals surface area contributed by atoms with Crippen molar-refractivity contribution in [3.63, 3.8) is 0 Å². The Bertz CT molecular complexity index is 2970. The lowest BCUT2D eigenvalue weighted by Gasteiger charge is -2.16. The highest BCUT2D eigenvalue weighted by molar-refractivity contribution is 6.14. The van der Waals surface area contributed by atoms with Crippen LogP contribution in [-0.2, 0) is 0 Å². The smallest absolute Gasteiger partial charge is 0.0716 e. The molecule has 0 radical (unpaired) electrons. The molecule has 0 saturated heterocycles. The van der Waals surface area contributed by atoms with Crippen LogP contribution in [0.2, 0.25) is 0 Å². The van der Waals surface area contributed by atoms with Crippen LogP contribution in [0.25, 0.3) is 99.7 Å². The maximum Gasteiger partial charge on any atom is 0.0716 e. The van der Waals surface area contributed by atoms with Crippen molar-refractivity contribution in [2.75, 3.05) is 0 Å². The summed E-state index contributed by atoms with van der Waals surface area (Å²) in [4.78, 5) is 10.2. The van der Waals surface area contributed by atoms with Crippen molar-refractivity contribution in [3.8, 4) is 78.1 Å². The molecule has 0 aliphatic rings. The minimum atomic E-state index is 0.919. The summed E-state index contributed by atoms with van der Waals surface area (Å²) in [5.41, 5.74) is 17.6. The van der Waals surface area contributed by atoms with E-state index in [-0.39, 0.29) is 0 Å². The molecule has 0 atom stereocenters. The molecule has 0 saturated carbocycles. The summed E-state index contributed by atoms with van der Waals surface area (Å²) in [6.07, 6.45) is 0. The fraction of sp³-hybridized carbons (Fsp3) is 0.0357. The molecule has 274 valence electrons. The molecule has 0 fully saturated rings. The Morgan fingerprint density at radius 3 is 1.29 bits per heavy atom. The summed E-state index contributed by atoms with van der Waals surface area (Å²) in [7, 11) is 0. The van der Waals surface area contributed by atoms with Crippen LogP contribution in [0, 0.1) is 13.8 Å². The molecule has 10 aromatic rings. The number of benzene rings is 8. The Balaban J connectivity index is 1.18. The minimum absolute atomic E-state index is 0.919. The van der Waals surface area contributed by atoms with Gasteiger partial charge in [0, 0.05) is 22.5 Å². The number of aromatic nitrogens is 2. The van der Waals surface area contributed by atoms with E-state index in [1.54, 1.807) is 0 Å². The molecule has 2 nitrogen and oxygen atoms in total. The zero-order valence-electron chi connectivity index (χ0n) is 32.5. The Labute approximate surface area is 339 Å². The van der Waals surface area contributed by atoms with Crippen molar-refractivity contribution in [1.82, 2.24) is 9.97 Å². The molecular weight excluding hydrogens is 701 g/mol. The van der Waals surface area contributed by atoms with Gasteiger partial charge >= 0.3 is 0 Å². The van der Waals surface area contributed by atoms with Gasteiger partial charge in [-0.2, -0.15) is 0 Å². The topological polar surface area (TPSA) is 25.8 Å². The normalized spacial score (nSPS) is 11.3. The van der Waals surface area contributed by atoms with E-state index in [9.17, 15) is 0 Å². The van der Waals surface area contributed by atoms with E-state index >= 15 is 0 Å². The lowest BCUT2D eigenvalue weighted by Crippen LogP contribution is -1.94. The van der Waals surface area contributed by atoms with Gasteiger partial charge < -0.3 is 0 Å². The maximum absolute atomic E-state index is 5.47. The van der Waals surface area contributed by atoms with E-state index in [0.29, 0.717) is 0 Å². The van der Waals surface area contributed by atoms with Gasteiger partial charge in [-0.25, -0.2) is 4.98 Å². The second-order valence-corrected chi connectivity index (χ2v) is 15.1. The van der Waals surface area contributed by atoms with Crippen molar-refractivity contribution < 1.29 is 0 Å². The van der Waals surface area contributed by atoms with Crippen molar-refractivity contribution in [2.45, 2.75) is 13.8 Å². The van der Waals surface area contributed by atoms with E-state index in [1.807, 2.05) is 0 Å². The van der Waals surface area contributed by atoms with Crippen molar-refractivity contribution in [1.29, 1.82) is 0 Å². The van der Waals surface area contributed by atoms with E-state index in [1.165, 1.54) is 49.4 Å². The average Bonchev–Trinajstić information content (AvgIpc) is 3.29. The first-order valence-corrected chi connectivity index (χ1v) is 19.9. The van der Waals surface area contributed by atoms with Crippen LogP contribution in [-0.4, -0.2) is 9.97 Å². The van der Waals surface area contributed by atoms with Crippen molar-refractivity contribution in [3.05, 3.63) is 218 Å². The lowest BCUT2D eigenvalue weighted by atomic mass is 9.89. The SMILES string of the molecule is Cc1cc(-c2cc(-c3cc(-c4ccc(-c5ccccc5)cc4)cc(-c4ccc(-c5ccccc5)cc4)n3)cc(-c3cc4ccccc4c4ccccc34)c2)cc(C)n1. The third-order valence-electron chi connectivity index (χ3n) is 11.2. The second-order valence-electron chi connectivity index (χ2n) is 15.1. The Hall–Kier alpha value is -7.42. The summed E-state index contributed by atoms with van der Waals surface area (Å²) in [6, 6.07) is 74.4. The van der Waals surface area contributed by atoms with Crippen LogP contribution in [0.4, 0.5) is 0 Å². The predicted molar refractivity (Wildman–Crippen MR) is 245 cm³/mol. The summed E-state index contributed by atoms with van der Waals surface area (Å²) in [5, 5.41) is 4.96. The number of aryl methyl sites for hydroxylation is 2. The molecule has 58 heavy (non-hydrogen) atoms. The van der Waals surface area contributed by atoms with Crippen LogP contribution in [0.5, 0.6) is 0 Å². The van der Waals surface area contributed by atoms with Gasteiger partial charge in [-0.3, -0.25) is 4.98 Å². The van der Waals surface area contributed by atoms with Gasteiger partial charge in [0.15, 0.2) is 0 Å². The van der Waals surface area contributed by atoms with Gasteiger partial charge in [0.05, 0.1) is 11.4 Å². The molecule has 8 aromatic carbocycles. The summed E-state index contributed by atoms with van der Waals surface area (Å²) >= 11 is 0. The van der Waals surface area contributed by atoms with Gasteiger partial charge in [0.2, 0.25) is 0 Å². The van der Waals surface area contributed by atoms with Gasteiger partial charge in [-0.05, 0) is 140 Å². The fourth-order valence-corrected chi connectivity index (χ4v) is 8.33. The third kappa shape index (κ3) is 6.86. The molecule has 2 aromatic heterocycles. The Morgan fingerprint density at radius 1 is 0.259 bits per heavy atom. The van der Waals surface area contributed by atoms with Crippen molar-refractivity contribution in [2.24, 2.45) is 0 Å². The van der Waals surface area contributed by atoms with Crippen LogP contribution < -0.4 is 0 Å². The highest BCUT2D eigenvalue weighted by atomic mass is 14.7. The predicted octanol–water partition coefficient (Wildman–Crippen LogP) is 15.1. The standard InChI is InChI=1S/C56H40N2/c1-37-29-46(30-38(2)57-37)47-31-49(54-34-45-17-9-10-18-51(45)52-19-11-12-20-53(52)54)33-50(32-47)56-36-48(43-23-21-41(22-24-43)39-13-5-3-6-14-39)35-55(58-56)44-27-25-42(26-28-44)40-15-7-4-8-16-40/h3-36H,1-2H3. The van der Waals surface area contributed by atoms with Gasteiger partial charge in [0.1, 0.15) is 0 Å². The summed E-state index contributed by atoms with van der Waals surface area (Å²) < 4.78 is 0. The molecule has 0 spiro atoms. The summed E-state index contributed by atoms with van der Waals surface area (Å²) in [6.45, 7) is 4.14. The van der Waals surface area contributed by atoms with Crippen LogP contribution in [0.1, 0.15) is 11.4 Å². The highest BCUT2D eigenvalue weighted by Crippen LogP contribution is 2.40. The maximum atomic E-state index is 5.47. The highest BCUT2D eigenvalue weighted by Gasteiger charge is 2.16. The fourth-order valence-electron chi connectivity index (χ4n) is 8.33. The number of nitrogens with zero attached hydrogens (tertiary/aromatic N) is 2. The number of pyridine rings is 2. The van der Waals surface area contributed by atoms with Crippen LogP contribution in [0.3, 0.4) is 0 Å². The average molecular weight is 741 g/mol. The quantitative estimate of drug-likeness (QED) is 0.152. The van der Waals surface area contributed by atoms with E-state index < -0.39 is 0 Å². The molecule has 2 heteroatoms. The van der Waals surface area contributed by atoms with Gasteiger partial charge in [-0.15, -0.1) is 0 Å². The first kappa shape index (κ1) is 35.0.